The van der Waals surface area contributed by atoms with Crippen molar-refractivity contribution in [3.8, 4) is 0 Å². The molecule has 0 spiro atoms. The van der Waals surface area contributed by atoms with Gasteiger partial charge in [-0.1, -0.05) is 54.6 Å². The number of hydrogen-bond donors (Lipinski definition) is 0. The molecule has 2 heteroatoms. The molecule has 0 N–H and O–H groups in total. The van der Waals surface area contributed by atoms with Crippen LogP contribution in [0.1, 0.15) is 24.5 Å². The largest absolute Gasteiger partial charge is 0.0888 e. The van der Waals surface area contributed by atoms with Crippen molar-refractivity contribution >= 4 is 28.9 Å². The maximum atomic E-state index is 6.13. The molecule has 0 atom stereocenters. The lowest BCUT2D eigenvalue weighted by molar-refractivity contribution is 1.20. The van der Waals surface area contributed by atoms with E-state index < -0.39 is 0 Å². The lowest BCUT2D eigenvalue weighted by atomic mass is 9.96. The molecule has 0 aromatic heterocycles. The molecule has 0 aliphatic carbocycles. The van der Waals surface area contributed by atoms with E-state index in [0.717, 1.165) is 11.4 Å². The van der Waals surface area contributed by atoms with Crippen LogP contribution in [0, 0.1) is 0 Å². The molecule has 0 fully saturated rings. The predicted octanol–water partition coefficient (Wildman–Crippen LogP) is 5.65. The van der Waals surface area contributed by atoms with Gasteiger partial charge in [0.1, 0.15) is 0 Å². The van der Waals surface area contributed by atoms with Crippen LogP contribution < -0.4 is 0 Å². The Kier molecular flexibility index (Phi) is 3.19. The molecule has 1 aliphatic rings. The summed E-state index contributed by atoms with van der Waals surface area (Å²) in [6, 6.07) is 14.7. The van der Waals surface area contributed by atoms with Crippen molar-refractivity contribution in [1.82, 2.24) is 0 Å². The molecule has 0 amide bonds. The average molecular weight is 273 g/mol. The van der Waals surface area contributed by atoms with E-state index in [9.17, 15) is 0 Å². The van der Waals surface area contributed by atoms with Crippen LogP contribution in [0.15, 0.2) is 58.3 Å². The third-order valence-corrected chi connectivity index (χ3v) is 4.42. The van der Waals surface area contributed by atoms with Crippen LogP contribution in [0.3, 0.4) is 0 Å². The van der Waals surface area contributed by atoms with Crippen LogP contribution in [-0.2, 0) is 0 Å². The molecule has 2 aromatic rings. The molecule has 3 rings (SSSR count). The summed E-state index contributed by atoms with van der Waals surface area (Å²) in [5, 5.41) is 0.802. The van der Waals surface area contributed by atoms with Crippen LogP contribution in [0.25, 0.3) is 5.57 Å². The van der Waals surface area contributed by atoms with E-state index in [2.05, 4.69) is 49.4 Å². The Labute approximate surface area is 117 Å². The predicted molar refractivity (Wildman–Crippen MR) is 79.4 cm³/mol. The zero-order valence-corrected chi connectivity index (χ0v) is 11.7. The minimum Gasteiger partial charge on any atom is -0.0888 e. The van der Waals surface area contributed by atoms with Gasteiger partial charge in [0.25, 0.3) is 0 Å². The Hall–Kier alpha value is -1.18. The van der Waals surface area contributed by atoms with Gasteiger partial charge in [-0.2, -0.15) is 0 Å². The number of benzene rings is 2. The molecule has 0 bridgehead atoms. The van der Waals surface area contributed by atoms with Gasteiger partial charge in [0, 0.05) is 14.8 Å². The van der Waals surface area contributed by atoms with Gasteiger partial charge in [-0.05, 0) is 47.4 Å². The third kappa shape index (κ3) is 1.98. The Morgan fingerprint density at radius 1 is 1.06 bits per heavy atom. The molecule has 0 saturated carbocycles. The van der Waals surface area contributed by atoms with E-state index >= 15 is 0 Å². The molecule has 0 unspecified atom stereocenters. The second-order valence-corrected chi connectivity index (χ2v) is 5.78. The van der Waals surface area contributed by atoms with Crippen LogP contribution >= 0.6 is 23.4 Å². The van der Waals surface area contributed by atoms with Crippen molar-refractivity contribution in [2.75, 3.05) is 0 Å². The first-order valence-electron chi connectivity index (χ1n) is 6.07. The summed E-state index contributed by atoms with van der Waals surface area (Å²) in [7, 11) is 0. The lowest BCUT2D eigenvalue weighted by Crippen LogP contribution is -1.98. The second-order valence-electron chi connectivity index (χ2n) is 4.26. The van der Waals surface area contributed by atoms with Crippen molar-refractivity contribution in [2.24, 2.45) is 0 Å². The Morgan fingerprint density at radius 3 is 2.67 bits per heavy atom. The maximum absolute atomic E-state index is 6.13. The van der Waals surface area contributed by atoms with Crippen molar-refractivity contribution in [2.45, 2.75) is 23.1 Å². The van der Waals surface area contributed by atoms with E-state index in [1.165, 1.54) is 26.5 Å². The first-order valence-corrected chi connectivity index (χ1v) is 7.26. The third-order valence-electron chi connectivity index (χ3n) is 3.04. The van der Waals surface area contributed by atoms with Crippen molar-refractivity contribution in [3.63, 3.8) is 0 Å². The monoisotopic (exact) mass is 272 g/mol. The van der Waals surface area contributed by atoms with Gasteiger partial charge in [-0.15, -0.1) is 0 Å². The molecule has 90 valence electrons. The SMILES string of the molecule is CC/C=C1/c2ccccc2Sc2ccc(Cl)cc21. The molecule has 18 heavy (non-hydrogen) atoms. The Balaban J connectivity index is 2.25. The molecule has 1 heterocycles. The molecule has 0 nitrogen and oxygen atoms in total. The molecule has 2 aromatic carbocycles. The second kappa shape index (κ2) is 4.83. The average Bonchev–Trinajstić information content (AvgIpc) is 2.39. The number of allylic oxidation sites excluding steroid dienone is 1. The minimum atomic E-state index is 0.802. The van der Waals surface area contributed by atoms with Crippen LogP contribution in [-0.4, -0.2) is 0 Å². The van der Waals surface area contributed by atoms with Gasteiger partial charge in [-0.3, -0.25) is 0 Å². The van der Waals surface area contributed by atoms with Gasteiger partial charge < -0.3 is 0 Å². The normalized spacial score (nSPS) is 15.3. The Morgan fingerprint density at radius 2 is 1.83 bits per heavy atom. The van der Waals surface area contributed by atoms with E-state index in [0.29, 0.717) is 0 Å². The van der Waals surface area contributed by atoms with Crippen molar-refractivity contribution in [1.29, 1.82) is 0 Å². The zero-order chi connectivity index (χ0) is 12.5. The van der Waals surface area contributed by atoms with E-state index in [1.54, 1.807) is 0 Å². The summed E-state index contributed by atoms with van der Waals surface area (Å²) >= 11 is 7.95. The van der Waals surface area contributed by atoms with E-state index in [-0.39, 0.29) is 0 Å². The minimum absolute atomic E-state index is 0.802. The standard InChI is InChI=1S/C16H13ClS/c1-2-5-12-13-6-3-4-7-15(13)18-16-9-8-11(17)10-14(12)16/h3-10H,2H2,1H3/b12-5-. The maximum Gasteiger partial charge on any atom is 0.0412 e. The van der Waals surface area contributed by atoms with Gasteiger partial charge in [0.15, 0.2) is 0 Å². The highest BCUT2D eigenvalue weighted by Crippen LogP contribution is 2.45. The molecule has 1 aliphatic heterocycles. The van der Waals surface area contributed by atoms with Gasteiger partial charge in [0.2, 0.25) is 0 Å². The topological polar surface area (TPSA) is 0 Å². The summed E-state index contributed by atoms with van der Waals surface area (Å²) in [4.78, 5) is 2.62. The number of fused-ring (bicyclic) bond motifs is 2. The summed E-state index contributed by atoms with van der Waals surface area (Å²) in [5.74, 6) is 0. The summed E-state index contributed by atoms with van der Waals surface area (Å²) in [5.41, 5.74) is 3.89. The highest BCUT2D eigenvalue weighted by Gasteiger charge is 2.20. The first-order chi connectivity index (χ1) is 8.79. The van der Waals surface area contributed by atoms with Crippen LogP contribution in [0.5, 0.6) is 0 Å². The smallest absolute Gasteiger partial charge is 0.0412 e. The highest BCUT2D eigenvalue weighted by atomic mass is 35.5. The quantitative estimate of drug-likeness (QED) is 0.552. The lowest BCUT2D eigenvalue weighted by Gasteiger charge is -2.22. The van der Waals surface area contributed by atoms with E-state index in [4.69, 9.17) is 11.6 Å². The molecule has 0 radical (unpaired) electrons. The van der Waals surface area contributed by atoms with E-state index in [1.807, 2.05) is 17.8 Å². The first kappa shape index (κ1) is 11.9. The fourth-order valence-corrected chi connectivity index (χ4v) is 3.53. The molecule has 0 saturated heterocycles. The van der Waals surface area contributed by atoms with Gasteiger partial charge in [0.05, 0.1) is 0 Å². The summed E-state index contributed by atoms with van der Waals surface area (Å²) in [6.07, 6.45) is 3.31. The zero-order valence-electron chi connectivity index (χ0n) is 10.1. The fourth-order valence-electron chi connectivity index (χ4n) is 2.27. The molecular formula is C16H13ClS. The summed E-state index contributed by atoms with van der Waals surface area (Å²) in [6.45, 7) is 2.17. The number of hydrogen-bond acceptors (Lipinski definition) is 1. The van der Waals surface area contributed by atoms with Crippen LogP contribution in [0.2, 0.25) is 5.02 Å². The van der Waals surface area contributed by atoms with Crippen LogP contribution in [0.4, 0.5) is 0 Å². The Bertz CT molecular complexity index is 629. The van der Waals surface area contributed by atoms with Gasteiger partial charge in [-0.25, -0.2) is 0 Å². The van der Waals surface area contributed by atoms with Crippen molar-refractivity contribution in [3.05, 3.63) is 64.7 Å². The molecular weight excluding hydrogens is 260 g/mol. The van der Waals surface area contributed by atoms with Crippen molar-refractivity contribution < 1.29 is 0 Å². The number of rotatable bonds is 1. The van der Waals surface area contributed by atoms with Gasteiger partial charge >= 0.3 is 0 Å². The number of halogens is 1. The summed E-state index contributed by atoms with van der Waals surface area (Å²) < 4.78 is 0. The highest BCUT2D eigenvalue weighted by molar-refractivity contribution is 7.99. The fraction of sp³-hybridized carbons (Fsp3) is 0.125.